The summed E-state index contributed by atoms with van der Waals surface area (Å²) in [5.74, 6) is -1.03. The zero-order valence-corrected chi connectivity index (χ0v) is 26.3. The van der Waals surface area contributed by atoms with Crippen LogP contribution in [0.2, 0.25) is 18.1 Å². The van der Waals surface area contributed by atoms with Crippen LogP contribution in [0.4, 0.5) is 26.3 Å². The molecule has 3 aromatic carbocycles. The molecule has 0 aliphatic carbocycles. The lowest BCUT2D eigenvalue weighted by atomic mass is 10.0. The molecule has 228 valence electrons. The van der Waals surface area contributed by atoms with Crippen LogP contribution < -0.4 is 15.9 Å². The maximum Gasteiger partial charge on any atom is 0.416 e. The van der Waals surface area contributed by atoms with Crippen LogP contribution in [0.5, 0.6) is 0 Å². The van der Waals surface area contributed by atoms with Crippen LogP contribution in [0, 0.1) is 0 Å². The van der Waals surface area contributed by atoms with Crippen molar-refractivity contribution < 1.29 is 35.6 Å². The summed E-state index contributed by atoms with van der Waals surface area (Å²) in [5, 5.41) is 4.62. The molecule has 3 nitrogen and oxygen atoms in total. The second-order valence-corrected chi connectivity index (χ2v) is 18.7. The predicted molar refractivity (Wildman–Crippen MR) is 159 cm³/mol. The maximum atomic E-state index is 13.5. The summed E-state index contributed by atoms with van der Waals surface area (Å²) in [7, 11) is -3.46. The molecule has 0 fully saturated rings. The average molecular weight is 628 g/mol. The molecule has 0 radical (unpaired) electrons. The van der Waals surface area contributed by atoms with Crippen LogP contribution in [-0.4, -0.2) is 32.5 Å². The Hall–Kier alpha value is -2.68. The van der Waals surface area contributed by atoms with Crippen molar-refractivity contribution in [1.29, 1.82) is 0 Å². The predicted octanol–water partition coefficient (Wildman–Crippen LogP) is 8.37. The number of amides is 1. The Balaban J connectivity index is 2.07. The van der Waals surface area contributed by atoms with Gasteiger partial charge in [0.1, 0.15) is 0 Å². The molecular formula is C31H36F6NO2PSi. The van der Waals surface area contributed by atoms with Crippen molar-refractivity contribution in [3.63, 3.8) is 0 Å². The van der Waals surface area contributed by atoms with Crippen molar-refractivity contribution >= 4 is 32.8 Å². The Bertz CT molecular complexity index is 1270. The molecule has 42 heavy (non-hydrogen) atoms. The van der Waals surface area contributed by atoms with E-state index in [4.69, 9.17) is 4.43 Å². The molecule has 3 rings (SSSR count). The Morgan fingerprint density at radius 2 is 1.24 bits per heavy atom. The van der Waals surface area contributed by atoms with Gasteiger partial charge in [-0.05, 0) is 67.9 Å². The Kier molecular flexibility index (Phi) is 10.4. The van der Waals surface area contributed by atoms with Crippen LogP contribution in [0.3, 0.4) is 0 Å². The van der Waals surface area contributed by atoms with Gasteiger partial charge in [-0.25, -0.2) is 0 Å². The van der Waals surface area contributed by atoms with Crippen molar-refractivity contribution in [3.05, 3.63) is 95.6 Å². The van der Waals surface area contributed by atoms with Gasteiger partial charge in [-0.3, -0.25) is 4.79 Å². The van der Waals surface area contributed by atoms with Gasteiger partial charge >= 0.3 is 12.4 Å². The molecule has 0 aliphatic heterocycles. The van der Waals surface area contributed by atoms with E-state index in [1.54, 1.807) is 6.92 Å². The molecule has 0 aliphatic rings. The van der Waals surface area contributed by atoms with E-state index >= 15 is 0 Å². The summed E-state index contributed by atoms with van der Waals surface area (Å²) < 4.78 is 87.7. The Labute approximate surface area is 245 Å². The minimum Gasteiger partial charge on any atom is -0.412 e. The zero-order valence-electron chi connectivity index (χ0n) is 24.4. The normalized spacial score (nSPS) is 14.5. The van der Waals surface area contributed by atoms with E-state index in [1.807, 2.05) is 73.8 Å². The van der Waals surface area contributed by atoms with Crippen molar-refractivity contribution in [2.24, 2.45) is 0 Å². The van der Waals surface area contributed by atoms with Crippen LogP contribution in [0.1, 0.15) is 49.2 Å². The molecule has 0 saturated carbocycles. The summed E-state index contributed by atoms with van der Waals surface area (Å²) >= 11 is 0. The highest BCUT2D eigenvalue weighted by Gasteiger charge is 2.41. The minimum absolute atomic E-state index is 0.0154. The first-order valence-corrected chi connectivity index (χ1v) is 17.9. The molecule has 0 unspecified atom stereocenters. The summed E-state index contributed by atoms with van der Waals surface area (Å²) in [5.41, 5.74) is -3.80. The number of rotatable bonds is 9. The summed E-state index contributed by atoms with van der Waals surface area (Å²) in [4.78, 5) is 13.5. The number of alkyl halides is 6. The zero-order chi connectivity index (χ0) is 31.5. The first kappa shape index (κ1) is 33.8. The fraction of sp³-hybridized carbons (Fsp3) is 0.387. The van der Waals surface area contributed by atoms with E-state index in [9.17, 15) is 31.1 Å². The number of carbonyl (C=O) groups excluding carboxylic acids is 1. The number of halogens is 6. The number of hydrogen-bond acceptors (Lipinski definition) is 2. The van der Waals surface area contributed by atoms with Gasteiger partial charge in [0.2, 0.25) is 0 Å². The molecule has 2 atom stereocenters. The van der Waals surface area contributed by atoms with Crippen molar-refractivity contribution in [3.8, 4) is 0 Å². The molecule has 0 bridgehead atoms. The number of nitrogens with one attached hydrogen (secondary N) is 1. The van der Waals surface area contributed by atoms with Gasteiger partial charge < -0.3 is 9.74 Å². The van der Waals surface area contributed by atoms with Crippen molar-refractivity contribution in [2.75, 3.05) is 6.16 Å². The van der Waals surface area contributed by atoms with Gasteiger partial charge in [0.15, 0.2) is 8.32 Å². The smallest absolute Gasteiger partial charge is 0.412 e. The topological polar surface area (TPSA) is 38.3 Å². The molecule has 1 amide bonds. The van der Waals surface area contributed by atoms with Crippen LogP contribution in [0.15, 0.2) is 78.9 Å². The van der Waals surface area contributed by atoms with Gasteiger partial charge in [0, 0.05) is 5.56 Å². The Morgan fingerprint density at radius 1 is 0.810 bits per heavy atom. The molecule has 0 aromatic heterocycles. The highest BCUT2D eigenvalue weighted by atomic mass is 31.1. The van der Waals surface area contributed by atoms with Crippen molar-refractivity contribution in [1.82, 2.24) is 5.32 Å². The lowest BCUT2D eigenvalue weighted by molar-refractivity contribution is -0.143. The Morgan fingerprint density at radius 3 is 1.62 bits per heavy atom. The highest BCUT2D eigenvalue weighted by molar-refractivity contribution is 7.73. The van der Waals surface area contributed by atoms with Gasteiger partial charge in [-0.2, -0.15) is 26.3 Å². The molecule has 11 heteroatoms. The summed E-state index contributed by atoms with van der Waals surface area (Å²) in [6, 6.07) is 19.5. The van der Waals surface area contributed by atoms with Gasteiger partial charge in [-0.1, -0.05) is 81.4 Å². The van der Waals surface area contributed by atoms with E-state index in [1.165, 1.54) is 0 Å². The third-order valence-corrected chi connectivity index (χ3v) is 14.7. The lowest BCUT2D eigenvalue weighted by Crippen LogP contribution is -2.52. The van der Waals surface area contributed by atoms with E-state index < -0.39 is 63.3 Å². The first-order chi connectivity index (χ1) is 19.3. The summed E-state index contributed by atoms with van der Waals surface area (Å²) in [6.45, 7) is 12.1. The number of hydrogen-bond donors (Lipinski definition) is 1. The maximum absolute atomic E-state index is 13.5. The number of benzene rings is 3. The molecular weight excluding hydrogens is 591 g/mol. The van der Waals surface area contributed by atoms with E-state index in [0.29, 0.717) is 18.3 Å². The lowest BCUT2D eigenvalue weighted by Gasteiger charge is -2.41. The van der Waals surface area contributed by atoms with Crippen LogP contribution in [-0.2, 0) is 16.8 Å². The second kappa shape index (κ2) is 12.9. The third-order valence-electron chi connectivity index (χ3n) is 7.53. The molecule has 0 spiro atoms. The van der Waals surface area contributed by atoms with Crippen LogP contribution in [0.25, 0.3) is 0 Å². The minimum atomic E-state index is -5.07. The standard InChI is InChI=1S/C31H36F6NO2PSi/c1-21(40-42(5,6)29(2,3)4)27(20-41(25-13-9-7-10-14-25)26-15-11-8-12-16-26)38-28(39)22-17-23(30(32,33)34)19-24(18-22)31(35,36)37/h7-19,21,27H,20H2,1-6H3,(H,38,39)/t21-,27-/m1/s1. The van der Waals surface area contributed by atoms with E-state index in [2.05, 4.69) is 26.1 Å². The number of carbonyl (C=O) groups is 1. The average Bonchev–Trinajstić information content (AvgIpc) is 2.89. The largest absolute Gasteiger partial charge is 0.416 e. The monoisotopic (exact) mass is 627 g/mol. The highest BCUT2D eigenvalue weighted by Crippen LogP contribution is 2.40. The van der Waals surface area contributed by atoms with Gasteiger partial charge in [-0.15, -0.1) is 0 Å². The van der Waals surface area contributed by atoms with Crippen molar-refractivity contribution in [2.45, 2.75) is 70.3 Å². The van der Waals surface area contributed by atoms with E-state index in [-0.39, 0.29) is 11.1 Å². The van der Waals surface area contributed by atoms with Gasteiger partial charge in [0.05, 0.1) is 23.3 Å². The molecule has 0 saturated heterocycles. The quantitative estimate of drug-likeness (QED) is 0.147. The SMILES string of the molecule is C[C@@H](O[Si](C)(C)C(C)(C)C)[C@@H](CP(c1ccccc1)c1ccccc1)NC(=O)c1cc(C(F)(F)F)cc(C(F)(F)F)c1. The molecule has 0 heterocycles. The van der Waals surface area contributed by atoms with Crippen LogP contribution >= 0.6 is 7.92 Å². The molecule has 3 aromatic rings. The van der Waals surface area contributed by atoms with Gasteiger partial charge in [0.25, 0.3) is 5.91 Å². The summed E-state index contributed by atoms with van der Waals surface area (Å²) in [6.07, 6.45) is -10.4. The second-order valence-electron chi connectivity index (χ2n) is 11.7. The first-order valence-electron chi connectivity index (χ1n) is 13.5. The molecule has 1 N–H and O–H groups in total. The fourth-order valence-electron chi connectivity index (χ4n) is 4.15. The fourth-order valence-corrected chi connectivity index (χ4v) is 8.16. The van der Waals surface area contributed by atoms with E-state index in [0.717, 1.165) is 10.6 Å². The third kappa shape index (κ3) is 8.68.